The Morgan fingerprint density at radius 2 is 2.06 bits per heavy atom. The number of nitrogens with zero attached hydrogens (tertiary/aromatic N) is 2. The normalized spacial score (nSPS) is 17.3. The Kier molecular flexibility index (Phi) is 4.42. The molecule has 1 aromatic heterocycles. The van der Waals surface area contributed by atoms with Gasteiger partial charge in [-0.1, -0.05) is 19.3 Å². The van der Waals surface area contributed by atoms with Gasteiger partial charge in [-0.05, 0) is 12.8 Å². The third-order valence-electron chi connectivity index (χ3n) is 2.87. The highest BCUT2D eigenvalue weighted by Crippen LogP contribution is 2.29. The molecule has 1 aliphatic carbocycles. The van der Waals surface area contributed by atoms with Gasteiger partial charge >= 0.3 is 0 Å². The fourth-order valence-corrected chi connectivity index (χ4v) is 3.16. The predicted molar refractivity (Wildman–Crippen MR) is 68.0 cm³/mol. The largest absolute Gasteiger partial charge is 0.307 e. The van der Waals surface area contributed by atoms with Crippen LogP contribution < -0.4 is 11.3 Å². The molecule has 16 heavy (non-hydrogen) atoms. The van der Waals surface area contributed by atoms with Crippen LogP contribution in [0.5, 0.6) is 0 Å². The molecule has 0 radical (unpaired) electrons. The maximum atomic E-state index is 5.23. The highest BCUT2D eigenvalue weighted by Gasteiger charge is 2.13. The summed E-state index contributed by atoms with van der Waals surface area (Å²) in [6, 6.07) is 0. The molecule has 0 bridgehead atoms. The number of rotatable bonds is 4. The minimum Gasteiger partial charge on any atom is -0.307 e. The zero-order valence-corrected chi connectivity index (χ0v) is 10.2. The molecule has 1 fully saturated rings. The predicted octanol–water partition coefficient (Wildman–Crippen LogP) is 2.33. The second-order valence-corrected chi connectivity index (χ2v) is 5.40. The first kappa shape index (κ1) is 11.7. The lowest BCUT2D eigenvalue weighted by atomic mass is 10.0. The first-order valence-electron chi connectivity index (χ1n) is 5.77. The number of hydrazine groups is 1. The van der Waals surface area contributed by atoms with E-state index in [2.05, 4.69) is 15.4 Å². The van der Waals surface area contributed by atoms with Gasteiger partial charge in [0.2, 0.25) is 0 Å². The van der Waals surface area contributed by atoms with Crippen molar-refractivity contribution in [2.45, 2.75) is 43.1 Å². The molecule has 0 aromatic carbocycles. The van der Waals surface area contributed by atoms with Gasteiger partial charge in [-0.15, -0.1) is 0 Å². The first-order chi connectivity index (χ1) is 7.88. The van der Waals surface area contributed by atoms with E-state index in [9.17, 15) is 0 Å². The molecule has 3 N–H and O–H groups in total. The van der Waals surface area contributed by atoms with Gasteiger partial charge in [0.1, 0.15) is 0 Å². The Morgan fingerprint density at radius 3 is 2.69 bits per heavy atom. The number of anilines is 1. The summed E-state index contributed by atoms with van der Waals surface area (Å²) in [5.41, 5.74) is 3.52. The number of thioether (sulfide) groups is 1. The number of hydrogen-bond donors (Lipinski definition) is 2. The quantitative estimate of drug-likeness (QED) is 0.622. The molecule has 1 saturated carbocycles. The summed E-state index contributed by atoms with van der Waals surface area (Å²) in [5, 5.41) is 0.822. The molecule has 0 saturated heterocycles. The molecule has 0 atom stereocenters. The summed E-state index contributed by atoms with van der Waals surface area (Å²) in [5.74, 6) is 6.81. The van der Waals surface area contributed by atoms with Crippen LogP contribution in [-0.4, -0.2) is 15.2 Å². The van der Waals surface area contributed by atoms with E-state index < -0.39 is 0 Å². The van der Waals surface area contributed by atoms with Crippen molar-refractivity contribution in [3.05, 3.63) is 18.1 Å². The molecule has 0 spiro atoms. The molecule has 1 heterocycles. The van der Waals surface area contributed by atoms with Crippen molar-refractivity contribution < 1.29 is 0 Å². The van der Waals surface area contributed by atoms with Crippen LogP contribution in [0, 0.1) is 0 Å². The molecular weight excluding hydrogens is 220 g/mol. The van der Waals surface area contributed by atoms with Gasteiger partial charge < -0.3 is 5.43 Å². The van der Waals surface area contributed by atoms with Crippen molar-refractivity contribution in [3.63, 3.8) is 0 Å². The zero-order valence-electron chi connectivity index (χ0n) is 9.35. The summed E-state index contributed by atoms with van der Waals surface area (Å²) >= 11 is 2.01. The number of nitrogens with two attached hydrogens (primary N) is 1. The highest BCUT2D eigenvalue weighted by molar-refractivity contribution is 7.99. The van der Waals surface area contributed by atoms with E-state index in [0.29, 0.717) is 5.82 Å². The SMILES string of the molecule is NNc1cnc(CSC2CCCCC2)cn1. The van der Waals surface area contributed by atoms with E-state index in [0.717, 1.165) is 16.7 Å². The van der Waals surface area contributed by atoms with Crippen molar-refractivity contribution in [2.75, 3.05) is 5.43 Å². The van der Waals surface area contributed by atoms with Crippen LogP contribution in [0.15, 0.2) is 12.4 Å². The summed E-state index contributed by atoms with van der Waals surface area (Å²) in [6.45, 7) is 0. The Bertz CT molecular complexity index is 308. The van der Waals surface area contributed by atoms with Crippen molar-refractivity contribution >= 4 is 17.6 Å². The van der Waals surface area contributed by atoms with E-state index in [4.69, 9.17) is 5.84 Å². The molecule has 0 aliphatic heterocycles. The molecule has 1 aromatic rings. The maximum absolute atomic E-state index is 5.23. The summed E-state index contributed by atoms with van der Waals surface area (Å²) < 4.78 is 0. The third kappa shape index (κ3) is 3.35. The van der Waals surface area contributed by atoms with Gasteiger partial charge in [0.25, 0.3) is 0 Å². The van der Waals surface area contributed by atoms with Crippen LogP contribution in [-0.2, 0) is 5.75 Å². The monoisotopic (exact) mass is 238 g/mol. The summed E-state index contributed by atoms with van der Waals surface area (Å²) in [4.78, 5) is 8.46. The van der Waals surface area contributed by atoms with E-state index in [-0.39, 0.29) is 0 Å². The maximum Gasteiger partial charge on any atom is 0.158 e. The number of hydrogen-bond acceptors (Lipinski definition) is 5. The number of nitrogens with one attached hydrogen (secondary N) is 1. The topological polar surface area (TPSA) is 63.8 Å². The van der Waals surface area contributed by atoms with Crippen LogP contribution in [0.4, 0.5) is 5.82 Å². The second-order valence-electron chi connectivity index (χ2n) is 4.11. The Labute approximate surface area is 100 Å². The van der Waals surface area contributed by atoms with E-state index in [1.54, 1.807) is 12.4 Å². The fraction of sp³-hybridized carbons (Fsp3) is 0.636. The third-order valence-corrected chi connectivity index (χ3v) is 4.28. The lowest BCUT2D eigenvalue weighted by Crippen LogP contribution is -2.10. The average Bonchev–Trinajstić information content (AvgIpc) is 2.38. The highest BCUT2D eigenvalue weighted by atomic mass is 32.2. The summed E-state index contributed by atoms with van der Waals surface area (Å²) in [6.07, 6.45) is 10.4. The van der Waals surface area contributed by atoms with Gasteiger partial charge in [-0.3, -0.25) is 4.98 Å². The Hall–Kier alpha value is -0.810. The Morgan fingerprint density at radius 1 is 1.25 bits per heavy atom. The van der Waals surface area contributed by atoms with Crippen LogP contribution in [0.2, 0.25) is 0 Å². The van der Waals surface area contributed by atoms with E-state index in [1.807, 2.05) is 11.8 Å². The van der Waals surface area contributed by atoms with Crippen LogP contribution in [0.1, 0.15) is 37.8 Å². The lowest BCUT2D eigenvalue weighted by Gasteiger charge is -2.20. The van der Waals surface area contributed by atoms with Crippen molar-refractivity contribution in [1.82, 2.24) is 9.97 Å². The average molecular weight is 238 g/mol. The molecule has 1 aliphatic rings. The van der Waals surface area contributed by atoms with E-state index >= 15 is 0 Å². The number of aromatic nitrogens is 2. The van der Waals surface area contributed by atoms with Crippen molar-refractivity contribution in [2.24, 2.45) is 5.84 Å². The minimum absolute atomic E-state index is 0.617. The molecule has 4 nitrogen and oxygen atoms in total. The molecule has 88 valence electrons. The molecular formula is C11H18N4S. The van der Waals surface area contributed by atoms with E-state index in [1.165, 1.54) is 32.1 Å². The molecule has 2 rings (SSSR count). The first-order valence-corrected chi connectivity index (χ1v) is 6.82. The smallest absolute Gasteiger partial charge is 0.158 e. The van der Waals surface area contributed by atoms with Gasteiger partial charge in [-0.25, -0.2) is 10.8 Å². The standard InChI is InChI=1S/C11H18N4S/c12-15-11-7-13-9(6-14-11)8-16-10-4-2-1-3-5-10/h6-7,10H,1-5,8,12H2,(H,14,15). The molecule has 5 heteroatoms. The summed E-state index contributed by atoms with van der Waals surface area (Å²) in [7, 11) is 0. The Balaban J connectivity index is 1.79. The van der Waals surface area contributed by atoms with Crippen LogP contribution in [0.25, 0.3) is 0 Å². The van der Waals surface area contributed by atoms with Gasteiger partial charge in [0, 0.05) is 11.0 Å². The van der Waals surface area contributed by atoms with Crippen LogP contribution in [0.3, 0.4) is 0 Å². The van der Waals surface area contributed by atoms with Crippen LogP contribution >= 0.6 is 11.8 Å². The second kappa shape index (κ2) is 6.06. The molecule has 0 amide bonds. The minimum atomic E-state index is 0.617. The van der Waals surface area contributed by atoms with Gasteiger partial charge in [-0.2, -0.15) is 11.8 Å². The van der Waals surface area contributed by atoms with Crippen molar-refractivity contribution in [3.8, 4) is 0 Å². The molecule has 0 unspecified atom stereocenters. The fourth-order valence-electron chi connectivity index (χ4n) is 1.94. The van der Waals surface area contributed by atoms with Gasteiger partial charge in [0.15, 0.2) is 5.82 Å². The van der Waals surface area contributed by atoms with Crippen molar-refractivity contribution in [1.29, 1.82) is 0 Å². The van der Waals surface area contributed by atoms with Gasteiger partial charge in [0.05, 0.1) is 18.1 Å². The number of nitrogen functional groups attached to an aromatic ring is 1. The zero-order chi connectivity index (χ0) is 11.2. The lowest BCUT2D eigenvalue weighted by molar-refractivity contribution is 0.516.